The molecule has 0 aliphatic carbocycles. The van der Waals surface area contributed by atoms with E-state index >= 15 is 0 Å². The molecular weight excluding hydrogens is 768 g/mol. The molecule has 0 atom stereocenters. The number of ether oxygens (including phenoxy) is 14. The van der Waals surface area contributed by atoms with Gasteiger partial charge in [-0.25, -0.2) is 19.2 Å². The van der Waals surface area contributed by atoms with Gasteiger partial charge in [0.2, 0.25) is 0 Å². The molecule has 2 aliphatic rings. The van der Waals surface area contributed by atoms with E-state index in [4.69, 9.17) is 66.3 Å². The minimum atomic E-state index is -0.870. The van der Waals surface area contributed by atoms with Crippen molar-refractivity contribution in [3.8, 4) is 34.5 Å². The molecule has 0 amide bonds. The van der Waals surface area contributed by atoms with Crippen molar-refractivity contribution in [3.05, 3.63) is 59.7 Å². The molecule has 2 heterocycles. The zero-order valence-corrected chi connectivity index (χ0v) is 33.8. The Labute approximate surface area is 336 Å². The number of methoxy groups -OCH3 is 6. The third-order valence-corrected chi connectivity index (χ3v) is 8.72. The summed E-state index contributed by atoms with van der Waals surface area (Å²) in [5, 5.41) is 0. The summed E-state index contributed by atoms with van der Waals surface area (Å²) in [6, 6.07) is 6.75. The van der Waals surface area contributed by atoms with E-state index in [1.54, 1.807) is 24.3 Å². The average molecular weight is 819 g/mol. The Kier molecular flexibility index (Phi) is 16.6. The second kappa shape index (κ2) is 21.3. The Morgan fingerprint density at radius 3 is 1.03 bits per heavy atom. The predicted octanol–water partition coefficient (Wildman–Crippen LogP) is 3.83. The van der Waals surface area contributed by atoms with Crippen LogP contribution in [0.25, 0.3) is 0 Å². The molecule has 0 radical (unpaired) electrons. The van der Waals surface area contributed by atoms with Gasteiger partial charge >= 0.3 is 23.9 Å². The van der Waals surface area contributed by atoms with Gasteiger partial charge in [0.05, 0.1) is 80.2 Å². The van der Waals surface area contributed by atoms with Gasteiger partial charge in [-0.2, -0.15) is 0 Å². The fraction of sp³-hybridized carbons (Fsp3) is 0.500. The summed E-state index contributed by atoms with van der Waals surface area (Å²) in [5.74, 6) is -0.422. The largest absolute Gasteiger partial charge is 0.496 e. The van der Waals surface area contributed by atoms with Crippen molar-refractivity contribution in [2.45, 2.75) is 26.4 Å². The lowest BCUT2D eigenvalue weighted by atomic mass is 9.93. The second-order valence-electron chi connectivity index (χ2n) is 13.6. The zero-order chi connectivity index (χ0) is 42.3. The lowest BCUT2D eigenvalue weighted by Gasteiger charge is -2.37. The van der Waals surface area contributed by atoms with Crippen LogP contribution < -0.4 is 28.4 Å². The molecule has 0 unspecified atom stereocenters. The monoisotopic (exact) mass is 818 g/mol. The van der Waals surface area contributed by atoms with Crippen molar-refractivity contribution in [3.63, 3.8) is 0 Å². The van der Waals surface area contributed by atoms with E-state index in [0.717, 1.165) is 24.3 Å². The van der Waals surface area contributed by atoms with Crippen LogP contribution in [0.3, 0.4) is 0 Å². The quantitative estimate of drug-likeness (QED) is 0.0857. The maximum absolute atomic E-state index is 12.3. The molecule has 2 aliphatic heterocycles. The molecule has 4 rings (SSSR count). The standard InChI is InChI=1S/C40H50O18/c1-39(21-55-37(56-22-39)35-27(47-5)15-25(45-3)16-28(35)48-6)19-53-33(43)11-9-31(41)51-13-14-52-32(42)10-12-34(44)54-20-40(2)23-57-38(58-24-40)36-29(49-7)17-26(46-4)18-30(36)50-8/h9-12,15-18,37-38H,13-14,19-24H2,1-8H3/b11-9+,12-10+. The lowest BCUT2D eigenvalue weighted by Crippen LogP contribution is -2.40. The SMILES string of the molecule is COc1cc(OC)c(C2OCC(C)(COC(=O)/C=C/C(=O)OCCOC(=O)/C=C/C(=O)OCC3(C)COC(c4c(OC)cc(OC)cc4OC)OC3)CO2)c(OC)c1. The van der Waals surface area contributed by atoms with Gasteiger partial charge in [0.1, 0.15) is 60.9 Å². The van der Waals surface area contributed by atoms with Gasteiger partial charge in [0, 0.05) is 59.4 Å². The van der Waals surface area contributed by atoms with Gasteiger partial charge in [0.15, 0.2) is 12.6 Å². The number of hydrogen-bond acceptors (Lipinski definition) is 18. The first kappa shape index (κ1) is 45.1. The Morgan fingerprint density at radius 1 is 0.500 bits per heavy atom. The van der Waals surface area contributed by atoms with E-state index in [0.29, 0.717) is 45.6 Å². The highest BCUT2D eigenvalue weighted by atomic mass is 16.7. The molecule has 2 saturated heterocycles. The number of carbonyl (C=O) groups excluding carboxylic acids is 4. The highest BCUT2D eigenvalue weighted by Crippen LogP contribution is 2.44. The highest BCUT2D eigenvalue weighted by molar-refractivity contribution is 5.92. The van der Waals surface area contributed by atoms with Crippen LogP contribution in [0, 0.1) is 10.8 Å². The highest BCUT2D eigenvalue weighted by Gasteiger charge is 2.38. The number of carbonyl (C=O) groups is 4. The first-order valence-electron chi connectivity index (χ1n) is 17.9. The molecule has 18 heteroatoms. The fourth-order valence-electron chi connectivity index (χ4n) is 5.56. The summed E-state index contributed by atoms with van der Waals surface area (Å²) in [5.41, 5.74) is -0.271. The molecular formula is C40H50O18. The van der Waals surface area contributed by atoms with Crippen molar-refractivity contribution in [1.29, 1.82) is 0 Å². The van der Waals surface area contributed by atoms with E-state index in [2.05, 4.69) is 0 Å². The van der Waals surface area contributed by atoms with Gasteiger partial charge in [-0.05, 0) is 0 Å². The minimum Gasteiger partial charge on any atom is -0.496 e. The van der Waals surface area contributed by atoms with Crippen LogP contribution >= 0.6 is 0 Å². The van der Waals surface area contributed by atoms with Crippen molar-refractivity contribution in [1.82, 2.24) is 0 Å². The molecule has 0 spiro atoms. The second-order valence-corrected chi connectivity index (χ2v) is 13.6. The summed E-state index contributed by atoms with van der Waals surface area (Å²) >= 11 is 0. The van der Waals surface area contributed by atoms with Gasteiger partial charge in [-0.15, -0.1) is 0 Å². The summed E-state index contributed by atoms with van der Waals surface area (Å²) in [7, 11) is 9.08. The van der Waals surface area contributed by atoms with Crippen LogP contribution in [-0.2, 0) is 57.1 Å². The maximum Gasteiger partial charge on any atom is 0.331 e. The Morgan fingerprint density at radius 2 is 0.776 bits per heavy atom. The molecule has 18 nitrogen and oxygen atoms in total. The number of benzene rings is 2. The summed E-state index contributed by atoms with van der Waals surface area (Å²) in [6.45, 7) is 3.58. The van der Waals surface area contributed by atoms with Gasteiger partial charge < -0.3 is 66.3 Å². The van der Waals surface area contributed by atoms with Crippen molar-refractivity contribution in [2.24, 2.45) is 10.8 Å². The minimum absolute atomic E-state index is 0.0637. The Hall–Kier alpha value is -5.56. The van der Waals surface area contributed by atoms with E-state index in [9.17, 15) is 19.2 Å². The van der Waals surface area contributed by atoms with Crippen LogP contribution in [0.1, 0.15) is 37.6 Å². The predicted molar refractivity (Wildman–Crippen MR) is 200 cm³/mol. The van der Waals surface area contributed by atoms with Crippen molar-refractivity contribution >= 4 is 23.9 Å². The van der Waals surface area contributed by atoms with Crippen LogP contribution in [0.2, 0.25) is 0 Å². The normalized spacial score (nSPS) is 21.8. The first-order chi connectivity index (χ1) is 27.8. The average Bonchev–Trinajstić information content (AvgIpc) is 3.24. The summed E-state index contributed by atoms with van der Waals surface area (Å²) < 4.78 is 76.8. The van der Waals surface area contributed by atoms with Crippen LogP contribution in [0.5, 0.6) is 34.5 Å². The topological polar surface area (TPSA) is 197 Å². The molecule has 2 aromatic carbocycles. The van der Waals surface area contributed by atoms with Crippen LogP contribution in [0.15, 0.2) is 48.6 Å². The first-order valence-corrected chi connectivity index (χ1v) is 17.9. The van der Waals surface area contributed by atoms with Gasteiger partial charge in [0.25, 0.3) is 0 Å². The Balaban J connectivity index is 1.10. The van der Waals surface area contributed by atoms with E-state index in [1.165, 1.54) is 42.7 Å². The van der Waals surface area contributed by atoms with E-state index < -0.39 is 47.3 Å². The molecule has 318 valence electrons. The third kappa shape index (κ3) is 12.5. The van der Waals surface area contributed by atoms with Crippen molar-refractivity contribution in [2.75, 3.05) is 95.5 Å². The zero-order valence-electron chi connectivity index (χ0n) is 33.8. The molecule has 0 saturated carbocycles. The molecule has 0 N–H and O–H groups in total. The molecule has 58 heavy (non-hydrogen) atoms. The molecule has 2 fully saturated rings. The maximum atomic E-state index is 12.3. The molecule has 0 aromatic heterocycles. The smallest absolute Gasteiger partial charge is 0.331 e. The van der Waals surface area contributed by atoms with Crippen LogP contribution in [0.4, 0.5) is 0 Å². The van der Waals surface area contributed by atoms with Gasteiger partial charge in [-0.1, -0.05) is 13.8 Å². The van der Waals surface area contributed by atoms with E-state index in [-0.39, 0.29) is 52.9 Å². The number of hydrogen-bond donors (Lipinski definition) is 0. The molecule has 0 bridgehead atoms. The molecule has 2 aromatic rings. The number of esters is 4. The Bertz CT molecular complexity index is 1610. The summed E-state index contributed by atoms with van der Waals surface area (Å²) in [4.78, 5) is 48.7. The van der Waals surface area contributed by atoms with Gasteiger partial charge in [-0.3, -0.25) is 0 Å². The summed E-state index contributed by atoms with van der Waals surface area (Å²) in [6.07, 6.45) is 1.98. The van der Waals surface area contributed by atoms with Crippen molar-refractivity contribution < 1.29 is 85.5 Å². The lowest BCUT2D eigenvalue weighted by molar-refractivity contribution is -0.239. The third-order valence-electron chi connectivity index (χ3n) is 8.72. The van der Waals surface area contributed by atoms with Crippen LogP contribution in [-0.4, -0.2) is 119 Å². The van der Waals surface area contributed by atoms with E-state index in [1.807, 2.05) is 13.8 Å². The fourth-order valence-corrected chi connectivity index (χ4v) is 5.56. The number of rotatable bonds is 19.